The van der Waals surface area contributed by atoms with Crippen molar-refractivity contribution in [1.82, 2.24) is 10.3 Å². The molecule has 0 saturated heterocycles. The predicted molar refractivity (Wildman–Crippen MR) is 112 cm³/mol. The molecule has 3 rings (SSSR count). The second-order valence-electron chi connectivity index (χ2n) is 6.43. The molecule has 2 N–H and O–H groups in total. The smallest absolute Gasteiger partial charge is 0.269 e. The molecule has 144 valence electrons. The van der Waals surface area contributed by atoms with Crippen LogP contribution < -0.4 is 15.4 Å². The first kappa shape index (κ1) is 19.4. The summed E-state index contributed by atoms with van der Waals surface area (Å²) >= 11 is 0. The molecular weight excluding hydrogens is 350 g/mol. The molecule has 28 heavy (non-hydrogen) atoms. The second kappa shape index (κ2) is 9.55. The van der Waals surface area contributed by atoms with E-state index in [9.17, 15) is 4.79 Å². The highest BCUT2D eigenvalue weighted by atomic mass is 16.5. The van der Waals surface area contributed by atoms with E-state index in [-0.39, 0.29) is 5.91 Å². The quantitative estimate of drug-likeness (QED) is 0.614. The molecule has 3 aromatic rings. The summed E-state index contributed by atoms with van der Waals surface area (Å²) in [5, 5.41) is 6.19. The number of anilines is 2. The zero-order valence-electron chi connectivity index (χ0n) is 16.2. The Morgan fingerprint density at radius 1 is 1.00 bits per heavy atom. The van der Waals surface area contributed by atoms with Gasteiger partial charge in [0.25, 0.3) is 5.91 Å². The third-order valence-corrected chi connectivity index (χ3v) is 4.52. The first-order chi connectivity index (χ1) is 13.7. The third kappa shape index (κ3) is 5.10. The van der Waals surface area contributed by atoms with Crippen molar-refractivity contribution in [1.29, 1.82) is 0 Å². The number of methoxy groups -OCH3 is 1. The van der Waals surface area contributed by atoms with Gasteiger partial charge in [0, 0.05) is 12.2 Å². The summed E-state index contributed by atoms with van der Waals surface area (Å²) in [6.45, 7) is 2.65. The lowest BCUT2D eigenvalue weighted by atomic mass is 10.1. The van der Waals surface area contributed by atoms with Crippen molar-refractivity contribution in [3.05, 3.63) is 83.7 Å². The molecule has 2 aromatic carbocycles. The Labute approximate surface area is 165 Å². The maximum atomic E-state index is 12.3. The molecule has 0 saturated carbocycles. The maximum absolute atomic E-state index is 12.3. The van der Waals surface area contributed by atoms with Crippen molar-refractivity contribution < 1.29 is 9.53 Å². The Morgan fingerprint density at radius 3 is 2.43 bits per heavy atom. The molecule has 0 bridgehead atoms. The van der Waals surface area contributed by atoms with Crippen molar-refractivity contribution in [3.8, 4) is 5.75 Å². The first-order valence-corrected chi connectivity index (χ1v) is 9.41. The van der Waals surface area contributed by atoms with Crippen LogP contribution in [0.4, 0.5) is 11.4 Å². The molecular formula is C23H25N3O2. The summed E-state index contributed by atoms with van der Waals surface area (Å²) in [5.41, 5.74) is 4.59. The molecule has 1 amide bonds. The fourth-order valence-corrected chi connectivity index (χ4v) is 2.90. The lowest BCUT2D eigenvalue weighted by molar-refractivity contribution is 0.0949. The van der Waals surface area contributed by atoms with Crippen LogP contribution in [0, 0.1) is 0 Å². The summed E-state index contributed by atoms with van der Waals surface area (Å²) in [7, 11) is 1.65. The number of carbonyl (C=O) groups is 1. The molecule has 5 heteroatoms. The number of nitrogens with one attached hydrogen (secondary N) is 2. The van der Waals surface area contributed by atoms with E-state index in [4.69, 9.17) is 4.74 Å². The van der Waals surface area contributed by atoms with E-state index in [1.54, 1.807) is 19.4 Å². The fourth-order valence-electron chi connectivity index (χ4n) is 2.90. The number of hydrogen-bond donors (Lipinski definition) is 2. The minimum absolute atomic E-state index is 0.186. The van der Waals surface area contributed by atoms with Crippen molar-refractivity contribution in [2.24, 2.45) is 0 Å². The molecule has 0 unspecified atom stereocenters. The van der Waals surface area contributed by atoms with Gasteiger partial charge in [0.15, 0.2) is 0 Å². The van der Waals surface area contributed by atoms with Crippen LogP contribution in [0.15, 0.2) is 66.9 Å². The van der Waals surface area contributed by atoms with E-state index in [2.05, 4.69) is 34.7 Å². The van der Waals surface area contributed by atoms with Crippen LogP contribution in [0.3, 0.4) is 0 Å². The van der Waals surface area contributed by atoms with E-state index in [0.717, 1.165) is 29.1 Å². The number of pyridine rings is 1. The topological polar surface area (TPSA) is 63.2 Å². The molecule has 0 fully saturated rings. The largest absolute Gasteiger partial charge is 0.496 e. The molecule has 0 radical (unpaired) electrons. The van der Waals surface area contributed by atoms with Gasteiger partial charge < -0.3 is 15.4 Å². The number of amides is 1. The lowest BCUT2D eigenvalue weighted by Crippen LogP contribution is -2.26. The lowest BCUT2D eigenvalue weighted by Gasteiger charge is -2.10. The first-order valence-electron chi connectivity index (χ1n) is 9.41. The number of nitrogens with zero attached hydrogens (tertiary/aromatic N) is 1. The highest BCUT2D eigenvalue weighted by Gasteiger charge is 2.08. The maximum Gasteiger partial charge on any atom is 0.269 e. The van der Waals surface area contributed by atoms with Crippen LogP contribution in [0.5, 0.6) is 5.75 Å². The summed E-state index contributed by atoms with van der Waals surface area (Å²) in [5.74, 6) is 0.644. The van der Waals surface area contributed by atoms with Gasteiger partial charge in [-0.2, -0.15) is 0 Å². The van der Waals surface area contributed by atoms with Crippen molar-refractivity contribution in [2.45, 2.75) is 19.8 Å². The summed E-state index contributed by atoms with van der Waals surface area (Å²) < 4.78 is 5.33. The molecule has 5 nitrogen and oxygen atoms in total. The molecule has 0 aliphatic carbocycles. The number of aromatic nitrogens is 1. The number of ether oxygens (including phenoxy) is 1. The number of para-hydroxylation sites is 1. The highest BCUT2D eigenvalue weighted by molar-refractivity contribution is 5.92. The van der Waals surface area contributed by atoms with Gasteiger partial charge >= 0.3 is 0 Å². The Balaban J connectivity index is 1.53. The molecule has 1 heterocycles. The Kier molecular flexibility index (Phi) is 6.63. The molecule has 0 spiro atoms. The SMILES string of the molecule is CCc1ccc(Nc2ccc(C(=O)NCCc3ccccc3OC)nc2)cc1. The van der Waals surface area contributed by atoms with Crippen LogP contribution in [-0.2, 0) is 12.8 Å². The third-order valence-electron chi connectivity index (χ3n) is 4.52. The number of rotatable bonds is 8. The van der Waals surface area contributed by atoms with Crippen molar-refractivity contribution >= 4 is 17.3 Å². The van der Waals surface area contributed by atoms with Gasteiger partial charge in [0.2, 0.25) is 0 Å². The summed E-state index contributed by atoms with van der Waals surface area (Å²) in [6, 6.07) is 19.7. The monoisotopic (exact) mass is 375 g/mol. The number of benzene rings is 2. The Morgan fingerprint density at radius 2 is 1.75 bits per heavy atom. The van der Waals surface area contributed by atoms with Gasteiger partial charge in [0.05, 0.1) is 19.0 Å². The van der Waals surface area contributed by atoms with Crippen LogP contribution in [-0.4, -0.2) is 24.5 Å². The fraction of sp³-hybridized carbons (Fsp3) is 0.217. The van der Waals surface area contributed by atoms with Crippen molar-refractivity contribution in [3.63, 3.8) is 0 Å². The predicted octanol–water partition coefficient (Wildman–Crippen LogP) is 4.37. The van der Waals surface area contributed by atoms with Gasteiger partial charge in [-0.25, -0.2) is 4.98 Å². The molecule has 0 aliphatic heterocycles. The van der Waals surface area contributed by atoms with E-state index >= 15 is 0 Å². The van der Waals surface area contributed by atoms with E-state index < -0.39 is 0 Å². The summed E-state index contributed by atoms with van der Waals surface area (Å²) in [6.07, 6.45) is 3.38. The average Bonchev–Trinajstić information content (AvgIpc) is 2.75. The molecule has 0 aliphatic rings. The minimum Gasteiger partial charge on any atom is -0.496 e. The molecule has 0 atom stereocenters. The van der Waals surface area contributed by atoms with Gasteiger partial charge in [-0.05, 0) is 54.3 Å². The van der Waals surface area contributed by atoms with E-state index in [1.165, 1.54) is 5.56 Å². The summed E-state index contributed by atoms with van der Waals surface area (Å²) in [4.78, 5) is 16.6. The minimum atomic E-state index is -0.186. The van der Waals surface area contributed by atoms with Crippen LogP contribution in [0.2, 0.25) is 0 Å². The van der Waals surface area contributed by atoms with E-state index in [0.29, 0.717) is 18.7 Å². The van der Waals surface area contributed by atoms with Gasteiger partial charge in [-0.3, -0.25) is 4.79 Å². The van der Waals surface area contributed by atoms with Crippen LogP contribution in [0.1, 0.15) is 28.5 Å². The average molecular weight is 375 g/mol. The molecule has 1 aromatic heterocycles. The Bertz CT molecular complexity index is 906. The van der Waals surface area contributed by atoms with Crippen molar-refractivity contribution in [2.75, 3.05) is 19.0 Å². The highest BCUT2D eigenvalue weighted by Crippen LogP contribution is 2.18. The standard InChI is InChI=1S/C23H25N3O2/c1-3-17-8-10-19(11-9-17)26-20-12-13-21(25-16-20)23(27)24-15-14-18-6-4-5-7-22(18)28-2/h4-13,16,26H,3,14-15H2,1-2H3,(H,24,27). The zero-order chi connectivity index (χ0) is 19.8. The van der Waals surface area contributed by atoms with Crippen LogP contribution in [0.25, 0.3) is 0 Å². The number of hydrogen-bond acceptors (Lipinski definition) is 4. The Hall–Kier alpha value is -3.34. The van der Waals surface area contributed by atoms with Gasteiger partial charge in [-0.15, -0.1) is 0 Å². The van der Waals surface area contributed by atoms with Gasteiger partial charge in [-0.1, -0.05) is 37.3 Å². The number of carbonyl (C=O) groups excluding carboxylic acids is 1. The van der Waals surface area contributed by atoms with Crippen LogP contribution >= 0.6 is 0 Å². The normalized spacial score (nSPS) is 10.4. The van der Waals surface area contributed by atoms with E-state index in [1.807, 2.05) is 42.5 Å². The number of aryl methyl sites for hydroxylation is 1. The van der Waals surface area contributed by atoms with Gasteiger partial charge in [0.1, 0.15) is 11.4 Å². The zero-order valence-corrected chi connectivity index (χ0v) is 16.2. The second-order valence-corrected chi connectivity index (χ2v) is 6.43.